The van der Waals surface area contributed by atoms with Gasteiger partial charge in [-0.05, 0) is 44.0 Å². The van der Waals surface area contributed by atoms with Crippen molar-refractivity contribution in [2.75, 3.05) is 30.8 Å². The third kappa shape index (κ3) is 3.94. The molecule has 2 heterocycles. The zero-order valence-electron chi connectivity index (χ0n) is 14.2. The van der Waals surface area contributed by atoms with Crippen LogP contribution in [0.4, 0.5) is 5.82 Å². The molecule has 3 rings (SSSR count). The number of sulfonamides is 1. The molecule has 136 valence electrons. The highest BCUT2D eigenvalue weighted by atomic mass is 79.9. The Bertz CT molecular complexity index is 883. The van der Waals surface area contributed by atoms with Crippen LogP contribution in [-0.2, 0) is 10.0 Å². The number of rotatable bonds is 4. The standard InChI is InChI=1S/C17H21BrClN3O2S/c1-3-25(23,24)21(2)14-6-8-22(9-7-14)16-5-4-12-10-13(18)11-15(19)17(12)20-16/h4-5,10-11,14H,3,6-9H2,1-2H3. The van der Waals surface area contributed by atoms with Crippen LogP contribution < -0.4 is 4.90 Å². The molecule has 5 nitrogen and oxygen atoms in total. The number of hydrogen-bond acceptors (Lipinski definition) is 4. The van der Waals surface area contributed by atoms with Gasteiger partial charge >= 0.3 is 0 Å². The van der Waals surface area contributed by atoms with Gasteiger partial charge in [-0.25, -0.2) is 17.7 Å². The van der Waals surface area contributed by atoms with Crippen molar-refractivity contribution in [1.29, 1.82) is 0 Å². The molecule has 0 atom stereocenters. The first kappa shape index (κ1) is 18.9. The number of pyridine rings is 1. The number of halogens is 2. The third-order valence-electron chi connectivity index (χ3n) is 4.80. The molecule has 1 saturated heterocycles. The largest absolute Gasteiger partial charge is 0.356 e. The molecule has 1 aromatic carbocycles. The van der Waals surface area contributed by atoms with Crippen LogP contribution in [0.25, 0.3) is 10.9 Å². The summed E-state index contributed by atoms with van der Waals surface area (Å²) in [6.45, 7) is 3.24. The molecule has 0 bridgehead atoms. The van der Waals surface area contributed by atoms with E-state index < -0.39 is 10.0 Å². The lowest BCUT2D eigenvalue weighted by atomic mass is 10.1. The van der Waals surface area contributed by atoms with E-state index in [-0.39, 0.29) is 11.8 Å². The van der Waals surface area contributed by atoms with Crippen molar-refractivity contribution in [3.8, 4) is 0 Å². The Morgan fingerprint density at radius 3 is 2.64 bits per heavy atom. The topological polar surface area (TPSA) is 53.5 Å². The number of anilines is 1. The molecule has 2 aromatic rings. The van der Waals surface area contributed by atoms with Crippen LogP contribution in [0.3, 0.4) is 0 Å². The lowest BCUT2D eigenvalue weighted by Gasteiger charge is -2.36. The summed E-state index contributed by atoms with van der Waals surface area (Å²) in [5, 5.41) is 1.61. The predicted octanol–water partition coefficient (Wildman–Crippen LogP) is 3.90. The van der Waals surface area contributed by atoms with E-state index in [0.717, 1.165) is 47.1 Å². The summed E-state index contributed by atoms with van der Waals surface area (Å²) in [5.74, 6) is 1.03. The predicted molar refractivity (Wildman–Crippen MR) is 107 cm³/mol. The van der Waals surface area contributed by atoms with Gasteiger partial charge in [-0.1, -0.05) is 27.5 Å². The second-order valence-corrected chi connectivity index (χ2v) is 9.90. The Labute approximate surface area is 162 Å². The molecule has 1 fully saturated rings. The number of aromatic nitrogens is 1. The second-order valence-electron chi connectivity index (χ2n) is 6.26. The van der Waals surface area contributed by atoms with Gasteiger partial charge in [0.15, 0.2) is 0 Å². The van der Waals surface area contributed by atoms with Crippen LogP contribution in [0.15, 0.2) is 28.7 Å². The molecular weight excluding hydrogens is 426 g/mol. The van der Waals surface area contributed by atoms with Crippen molar-refractivity contribution in [3.05, 3.63) is 33.8 Å². The summed E-state index contributed by atoms with van der Waals surface area (Å²) in [6, 6.07) is 7.92. The number of fused-ring (bicyclic) bond motifs is 1. The molecule has 0 amide bonds. The first-order valence-electron chi connectivity index (χ1n) is 8.28. The Kier molecular flexibility index (Phi) is 5.58. The van der Waals surface area contributed by atoms with E-state index >= 15 is 0 Å². The van der Waals surface area contributed by atoms with Crippen molar-refractivity contribution in [3.63, 3.8) is 0 Å². The maximum absolute atomic E-state index is 12.0. The zero-order valence-corrected chi connectivity index (χ0v) is 17.4. The second kappa shape index (κ2) is 7.39. The molecule has 0 aliphatic carbocycles. The summed E-state index contributed by atoms with van der Waals surface area (Å²) in [6.07, 6.45) is 1.59. The van der Waals surface area contributed by atoms with E-state index in [9.17, 15) is 8.42 Å². The monoisotopic (exact) mass is 445 g/mol. The molecule has 1 aliphatic rings. The minimum atomic E-state index is -3.14. The van der Waals surface area contributed by atoms with E-state index in [0.29, 0.717) is 5.02 Å². The van der Waals surface area contributed by atoms with E-state index in [4.69, 9.17) is 16.6 Å². The average molecular weight is 447 g/mol. The highest BCUT2D eigenvalue weighted by Crippen LogP contribution is 2.30. The van der Waals surface area contributed by atoms with Crippen molar-refractivity contribution in [2.45, 2.75) is 25.8 Å². The highest BCUT2D eigenvalue weighted by Gasteiger charge is 2.29. The van der Waals surface area contributed by atoms with E-state index in [1.54, 1.807) is 14.0 Å². The van der Waals surface area contributed by atoms with Gasteiger partial charge in [-0.2, -0.15) is 0 Å². The van der Waals surface area contributed by atoms with Crippen LogP contribution in [-0.4, -0.2) is 49.6 Å². The quantitative estimate of drug-likeness (QED) is 0.715. The Morgan fingerprint density at radius 2 is 2.00 bits per heavy atom. The lowest BCUT2D eigenvalue weighted by Crippen LogP contribution is -2.46. The maximum atomic E-state index is 12.0. The molecule has 25 heavy (non-hydrogen) atoms. The molecule has 0 unspecified atom stereocenters. The van der Waals surface area contributed by atoms with Gasteiger partial charge in [-0.15, -0.1) is 0 Å². The van der Waals surface area contributed by atoms with Crippen LogP contribution in [0.2, 0.25) is 5.02 Å². The lowest BCUT2D eigenvalue weighted by molar-refractivity contribution is 0.312. The molecule has 0 saturated carbocycles. The fourth-order valence-corrected chi connectivity index (χ4v) is 5.16. The minimum Gasteiger partial charge on any atom is -0.356 e. The molecule has 0 spiro atoms. The summed E-state index contributed by atoms with van der Waals surface area (Å²) in [5.41, 5.74) is 0.787. The van der Waals surface area contributed by atoms with Crippen molar-refractivity contribution in [1.82, 2.24) is 9.29 Å². The van der Waals surface area contributed by atoms with Crippen LogP contribution in [0, 0.1) is 0 Å². The molecule has 8 heteroatoms. The molecular formula is C17H21BrClN3O2S. The van der Waals surface area contributed by atoms with Crippen LogP contribution in [0.5, 0.6) is 0 Å². The van der Waals surface area contributed by atoms with Gasteiger partial charge in [0.05, 0.1) is 16.3 Å². The number of nitrogens with zero attached hydrogens (tertiary/aromatic N) is 3. The molecule has 1 aromatic heterocycles. The van der Waals surface area contributed by atoms with Gasteiger partial charge < -0.3 is 4.90 Å². The summed E-state index contributed by atoms with van der Waals surface area (Å²) >= 11 is 9.76. The highest BCUT2D eigenvalue weighted by molar-refractivity contribution is 9.10. The van der Waals surface area contributed by atoms with Crippen LogP contribution >= 0.6 is 27.5 Å². The van der Waals surface area contributed by atoms with Crippen molar-refractivity contribution in [2.24, 2.45) is 0 Å². The Balaban J connectivity index is 1.76. The minimum absolute atomic E-state index is 0.0567. The summed E-state index contributed by atoms with van der Waals surface area (Å²) < 4.78 is 26.6. The number of hydrogen-bond donors (Lipinski definition) is 0. The number of benzene rings is 1. The maximum Gasteiger partial charge on any atom is 0.213 e. The van der Waals surface area contributed by atoms with Gasteiger partial charge in [0.2, 0.25) is 10.0 Å². The Morgan fingerprint density at radius 1 is 1.32 bits per heavy atom. The van der Waals surface area contributed by atoms with Crippen molar-refractivity contribution >= 4 is 54.3 Å². The summed E-state index contributed by atoms with van der Waals surface area (Å²) in [7, 11) is -1.46. The van der Waals surface area contributed by atoms with E-state index in [1.807, 2.05) is 24.3 Å². The fraction of sp³-hybridized carbons (Fsp3) is 0.471. The van der Waals surface area contributed by atoms with Gasteiger partial charge in [0.1, 0.15) is 5.82 Å². The first-order valence-corrected chi connectivity index (χ1v) is 11.1. The van der Waals surface area contributed by atoms with Crippen LogP contribution in [0.1, 0.15) is 19.8 Å². The van der Waals surface area contributed by atoms with E-state index in [1.165, 1.54) is 4.31 Å². The first-order chi connectivity index (χ1) is 11.8. The third-order valence-corrected chi connectivity index (χ3v) is 7.45. The molecule has 1 aliphatic heterocycles. The Hall–Kier alpha value is -0.890. The van der Waals surface area contributed by atoms with Gasteiger partial charge in [0, 0.05) is 36.0 Å². The average Bonchev–Trinajstić information content (AvgIpc) is 2.61. The summed E-state index contributed by atoms with van der Waals surface area (Å²) in [4.78, 5) is 6.91. The number of piperidine rings is 1. The zero-order chi connectivity index (χ0) is 18.2. The normalized spacial score (nSPS) is 16.8. The van der Waals surface area contributed by atoms with Crippen molar-refractivity contribution < 1.29 is 8.42 Å². The van der Waals surface area contributed by atoms with Gasteiger partial charge in [-0.3, -0.25) is 0 Å². The smallest absolute Gasteiger partial charge is 0.213 e. The SMILES string of the molecule is CCS(=O)(=O)N(C)C1CCN(c2ccc3cc(Br)cc(Cl)c3n2)CC1. The fourth-order valence-electron chi connectivity index (χ4n) is 3.21. The van der Waals surface area contributed by atoms with Gasteiger partial charge in [0.25, 0.3) is 0 Å². The molecule has 0 radical (unpaired) electrons. The van der Waals surface area contributed by atoms with E-state index in [2.05, 4.69) is 20.8 Å². The molecule has 0 N–H and O–H groups in total.